The van der Waals surface area contributed by atoms with Crippen LogP contribution in [-0.4, -0.2) is 32.5 Å². The van der Waals surface area contributed by atoms with Gasteiger partial charge >= 0.3 is 0 Å². The topological polar surface area (TPSA) is 74.3 Å². The van der Waals surface area contributed by atoms with Crippen molar-refractivity contribution in [2.24, 2.45) is 0 Å². The van der Waals surface area contributed by atoms with Gasteiger partial charge in [-0.2, -0.15) is 10.4 Å². The van der Waals surface area contributed by atoms with E-state index in [1.807, 2.05) is 26.0 Å². The number of hydrogen-bond acceptors (Lipinski definition) is 5. The highest BCUT2D eigenvalue weighted by molar-refractivity contribution is 7.16. The van der Waals surface area contributed by atoms with Gasteiger partial charge in [0.15, 0.2) is 5.65 Å². The molecule has 0 aromatic carbocycles. The number of nitrogens with zero attached hydrogens (tertiary/aromatic N) is 5. The average Bonchev–Trinajstić information content (AvgIpc) is 3.20. The van der Waals surface area contributed by atoms with Crippen LogP contribution < -0.4 is 0 Å². The Morgan fingerprint density at radius 3 is 2.85 bits per heavy atom. The zero-order valence-corrected chi connectivity index (χ0v) is 16.4. The van der Waals surface area contributed by atoms with Crippen LogP contribution in [0, 0.1) is 25.2 Å². The highest BCUT2D eigenvalue weighted by atomic mass is 35.5. The van der Waals surface area contributed by atoms with Crippen LogP contribution in [0.2, 0.25) is 4.34 Å². The lowest BCUT2D eigenvalue weighted by atomic mass is 10.1. The SMILES string of the molecule is Cc1nc2c(C#N)cnn2c(C)c1CCC(=O)N(C)Cc1ccc(Cl)s1. The van der Waals surface area contributed by atoms with Gasteiger partial charge in [0, 0.05) is 29.7 Å². The number of fused-ring (bicyclic) bond motifs is 1. The summed E-state index contributed by atoms with van der Waals surface area (Å²) in [6, 6.07) is 5.88. The molecule has 8 heteroatoms. The van der Waals surface area contributed by atoms with Crippen molar-refractivity contribution in [2.75, 3.05) is 7.05 Å². The first-order valence-electron chi connectivity index (χ1n) is 8.12. The van der Waals surface area contributed by atoms with E-state index in [-0.39, 0.29) is 5.91 Å². The van der Waals surface area contributed by atoms with E-state index < -0.39 is 0 Å². The maximum Gasteiger partial charge on any atom is 0.222 e. The largest absolute Gasteiger partial charge is 0.341 e. The Kier molecular flexibility index (Phi) is 5.25. The van der Waals surface area contributed by atoms with Gasteiger partial charge in [-0.3, -0.25) is 4.79 Å². The van der Waals surface area contributed by atoms with Gasteiger partial charge in [-0.05, 0) is 38.0 Å². The molecule has 0 unspecified atom stereocenters. The second-order valence-corrected chi connectivity index (χ2v) is 7.92. The summed E-state index contributed by atoms with van der Waals surface area (Å²) in [5.41, 5.74) is 3.74. The van der Waals surface area contributed by atoms with E-state index >= 15 is 0 Å². The zero-order chi connectivity index (χ0) is 18.8. The fourth-order valence-corrected chi connectivity index (χ4v) is 4.07. The lowest BCUT2D eigenvalue weighted by Crippen LogP contribution is -2.26. The van der Waals surface area contributed by atoms with E-state index in [2.05, 4.69) is 16.2 Å². The Balaban J connectivity index is 1.73. The molecule has 0 atom stereocenters. The Hall–Kier alpha value is -2.43. The molecule has 0 spiro atoms. The molecule has 26 heavy (non-hydrogen) atoms. The van der Waals surface area contributed by atoms with Crippen LogP contribution in [0.4, 0.5) is 0 Å². The van der Waals surface area contributed by atoms with E-state index in [4.69, 9.17) is 16.9 Å². The predicted molar refractivity (Wildman–Crippen MR) is 101 cm³/mol. The van der Waals surface area contributed by atoms with Crippen molar-refractivity contribution in [2.45, 2.75) is 33.2 Å². The maximum atomic E-state index is 12.5. The van der Waals surface area contributed by atoms with Gasteiger partial charge in [-0.15, -0.1) is 11.3 Å². The van der Waals surface area contributed by atoms with E-state index in [1.54, 1.807) is 16.5 Å². The molecule has 0 N–H and O–H groups in total. The standard InChI is InChI=1S/C18H18ClN5OS/c1-11-15(12(2)24-18(22-11)13(8-20)9-21-24)5-7-17(25)23(3)10-14-4-6-16(19)26-14/h4,6,9H,5,7,10H2,1-3H3. The minimum atomic E-state index is 0.0617. The Labute approximate surface area is 160 Å². The normalized spacial score (nSPS) is 10.9. The van der Waals surface area contributed by atoms with Crippen LogP contribution in [0.1, 0.15) is 33.8 Å². The summed E-state index contributed by atoms with van der Waals surface area (Å²) in [5.74, 6) is 0.0617. The molecule has 0 aliphatic rings. The molecular weight excluding hydrogens is 370 g/mol. The van der Waals surface area contributed by atoms with Gasteiger partial charge in [-0.25, -0.2) is 9.50 Å². The van der Waals surface area contributed by atoms with Gasteiger partial charge in [0.25, 0.3) is 0 Å². The van der Waals surface area contributed by atoms with Crippen molar-refractivity contribution in [3.8, 4) is 6.07 Å². The quantitative estimate of drug-likeness (QED) is 0.671. The third-order valence-corrected chi connectivity index (χ3v) is 5.58. The number of thiophene rings is 1. The first-order chi connectivity index (χ1) is 12.4. The van der Waals surface area contributed by atoms with Crippen molar-refractivity contribution >= 4 is 34.5 Å². The van der Waals surface area contributed by atoms with E-state index in [0.29, 0.717) is 30.6 Å². The number of aryl methyl sites for hydroxylation is 2. The minimum Gasteiger partial charge on any atom is -0.341 e. The molecular formula is C18H18ClN5OS. The first kappa shape index (κ1) is 18.4. The number of halogens is 1. The number of aromatic nitrogens is 3. The molecule has 3 rings (SSSR count). The Morgan fingerprint density at radius 1 is 1.42 bits per heavy atom. The van der Waals surface area contributed by atoms with E-state index in [0.717, 1.165) is 26.2 Å². The minimum absolute atomic E-state index is 0.0617. The smallest absolute Gasteiger partial charge is 0.222 e. The fourth-order valence-electron chi connectivity index (χ4n) is 2.93. The van der Waals surface area contributed by atoms with Crippen molar-refractivity contribution in [1.82, 2.24) is 19.5 Å². The summed E-state index contributed by atoms with van der Waals surface area (Å²) in [4.78, 5) is 19.7. The molecule has 0 aliphatic heterocycles. The third kappa shape index (κ3) is 3.57. The molecule has 3 heterocycles. The summed E-state index contributed by atoms with van der Waals surface area (Å²) < 4.78 is 2.39. The summed E-state index contributed by atoms with van der Waals surface area (Å²) in [6.07, 6.45) is 2.48. The third-order valence-electron chi connectivity index (χ3n) is 4.37. The van der Waals surface area contributed by atoms with E-state index in [1.165, 1.54) is 17.5 Å². The first-order valence-corrected chi connectivity index (χ1v) is 9.32. The molecule has 3 aromatic rings. The number of carbonyl (C=O) groups is 1. The van der Waals surface area contributed by atoms with Crippen LogP contribution in [0.3, 0.4) is 0 Å². The van der Waals surface area contributed by atoms with Crippen molar-refractivity contribution in [1.29, 1.82) is 5.26 Å². The molecule has 0 fully saturated rings. The Bertz CT molecular complexity index is 1020. The van der Waals surface area contributed by atoms with Gasteiger partial charge in [0.1, 0.15) is 11.6 Å². The van der Waals surface area contributed by atoms with Crippen molar-refractivity contribution in [3.05, 3.63) is 50.1 Å². The van der Waals surface area contributed by atoms with Gasteiger partial charge in [0.05, 0.1) is 17.1 Å². The average molecular weight is 388 g/mol. The molecule has 134 valence electrons. The highest BCUT2D eigenvalue weighted by Gasteiger charge is 2.16. The molecule has 3 aromatic heterocycles. The van der Waals surface area contributed by atoms with Gasteiger partial charge < -0.3 is 4.90 Å². The Morgan fingerprint density at radius 2 is 2.19 bits per heavy atom. The lowest BCUT2D eigenvalue weighted by molar-refractivity contribution is -0.130. The maximum absolute atomic E-state index is 12.5. The zero-order valence-electron chi connectivity index (χ0n) is 14.8. The summed E-state index contributed by atoms with van der Waals surface area (Å²) >= 11 is 7.42. The van der Waals surface area contributed by atoms with Crippen LogP contribution >= 0.6 is 22.9 Å². The monoisotopic (exact) mass is 387 g/mol. The predicted octanol–water partition coefficient (Wildman–Crippen LogP) is 3.52. The summed E-state index contributed by atoms with van der Waals surface area (Å²) in [6.45, 7) is 4.39. The summed E-state index contributed by atoms with van der Waals surface area (Å²) in [5, 5.41) is 13.4. The van der Waals surface area contributed by atoms with Crippen LogP contribution in [0.15, 0.2) is 18.3 Å². The van der Waals surface area contributed by atoms with Gasteiger partial charge in [-0.1, -0.05) is 11.6 Å². The van der Waals surface area contributed by atoms with Crippen molar-refractivity contribution < 1.29 is 4.79 Å². The van der Waals surface area contributed by atoms with Crippen LogP contribution in [0.25, 0.3) is 5.65 Å². The fraction of sp³-hybridized carbons (Fsp3) is 0.333. The number of carbonyl (C=O) groups excluding carboxylic acids is 1. The summed E-state index contributed by atoms with van der Waals surface area (Å²) in [7, 11) is 1.80. The lowest BCUT2D eigenvalue weighted by Gasteiger charge is -2.17. The molecule has 0 saturated heterocycles. The number of rotatable bonds is 5. The number of nitriles is 1. The second-order valence-electron chi connectivity index (χ2n) is 6.12. The molecule has 0 saturated carbocycles. The van der Waals surface area contributed by atoms with Crippen LogP contribution in [0.5, 0.6) is 0 Å². The molecule has 0 aliphatic carbocycles. The molecule has 6 nitrogen and oxygen atoms in total. The van der Waals surface area contributed by atoms with Crippen LogP contribution in [-0.2, 0) is 17.8 Å². The molecule has 0 radical (unpaired) electrons. The second kappa shape index (κ2) is 7.44. The molecule has 0 bridgehead atoms. The van der Waals surface area contributed by atoms with Crippen molar-refractivity contribution in [3.63, 3.8) is 0 Å². The number of hydrogen-bond donors (Lipinski definition) is 0. The van der Waals surface area contributed by atoms with E-state index in [9.17, 15) is 4.79 Å². The number of amides is 1. The highest BCUT2D eigenvalue weighted by Crippen LogP contribution is 2.23. The van der Waals surface area contributed by atoms with Gasteiger partial charge in [0.2, 0.25) is 5.91 Å². The molecule has 1 amide bonds.